The zero-order valence-electron chi connectivity index (χ0n) is 14.8. The Kier molecular flexibility index (Phi) is 4.00. The van der Waals surface area contributed by atoms with Gasteiger partial charge in [-0.2, -0.15) is 0 Å². The third kappa shape index (κ3) is 2.76. The van der Waals surface area contributed by atoms with Crippen LogP contribution in [0.5, 0.6) is 5.75 Å². The van der Waals surface area contributed by atoms with Crippen molar-refractivity contribution in [2.24, 2.45) is 0 Å². The van der Waals surface area contributed by atoms with E-state index < -0.39 is 0 Å². The van der Waals surface area contributed by atoms with Gasteiger partial charge < -0.3 is 9.84 Å². The Hall–Kier alpha value is -3.07. The van der Waals surface area contributed by atoms with E-state index in [2.05, 4.69) is 18.2 Å². The van der Waals surface area contributed by atoms with Crippen LogP contribution < -0.4 is 9.84 Å². The molecule has 3 heteroatoms. The first-order chi connectivity index (χ1) is 12.6. The highest BCUT2D eigenvalue weighted by atomic mass is 16.5. The molecule has 0 radical (unpaired) electrons. The number of rotatable bonds is 3. The molecule has 130 valence electrons. The summed E-state index contributed by atoms with van der Waals surface area (Å²) in [4.78, 5) is 12.0. The molecule has 0 bridgehead atoms. The molecule has 26 heavy (non-hydrogen) atoms. The van der Waals surface area contributed by atoms with Gasteiger partial charge in [0.2, 0.25) is 0 Å². The number of fused-ring (bicyclic) bond motifs is 1. The molecule has 1 aliphatic rings. The molecule has 1 aliphatic carbocycles. The molecule has 3 nitrogen and oxygen atoms in total. The highest BCUT2D eigenvalue weighted by molar-refractivity contribution is 6.23. The van der Waals surface area contributed by atoms with Gasteiger partial charge in [0.05, 0.1) is 7.11 Å². The topological polar surface area (TPSA) is 49.4 Å². The Labute approximate surface area is 152 Å². The molecule has 0 heterocycles. The van der Waals surface area contributed by atoms with Crippen molar-refractivity contribution in [2.45, 2.75) is 19.8 Å². The summed E-state index contributed by atoms with van der Waals surface area (Å²) in [5, 5.41) is 14.1. The van der Waals surface area contributed by atoms with Gasteiger partial charge in [-0.15, -0.1) is 5.76 Å². The first-order valence-corrected chi connectivity index (χ1v) is 8.69. The number of hydrogen-bond acceptors (Lipinski definition) is 3. The van der Waals surface area contributed by atoms with Crippen LogP contribution in [0.25, 0.3) is 27.5 Å². The van der Waals surface area contributed by atoms with Gasteiger partial charge in [0.25, 0.3) is 0 Å². The fraction of sp³-hybridized carbons (Fsp3) is 0.174. The van der Waals surface area contributed by atoms with Crippen LogP contribution in [0.15, 0.2) is 60.4 Å². The summed E-state index contributed by atoms with van der Waals surface area (Å²) in [6.07, 6.45) is 0.671. The molecule has 4 rings (SSSR count). The van der Waals surface area contributed by atoms with Crippen LogP contribution in [-0.2, 0) is 4.79 Å². The van der Waals surface area contributed by atoms with Crippen molar-refractivity contribution in [3.63, 3.8) is 0 Å². The van der Waals surface area contributed by atoms with Crippen molar-refractivity contribution in [3.05, 3.63) is 71.5 Å². The zero-order chi connectivity index (χ0) is 18.3. The Bertz CT molecular complexity index is 1060. The summed E-state index contributed by atoms with van der Waals surface area (Å²) in [5.41, 5.74) is 4.44. The van der Waals surface area contributed by atoms with Gasteiger partial charge in [-0.3, -0.25) is 4.79 Å². The summed E-state index contributed by atoms with van der Waals surface area (Å²) in [6.45, 7) is 2.03. The fourth-order valence-corrected chi connectivity index (χ4v) is 3.59. The van der Waals surface area contributed by atoms with E-state index >= 15 is 0 Å². The van der Waals surface area contributed by atoms with E-state index in [1.54, 1.807) is 7.11 Å². The highest BCUT2D eigenvalue weighted by Crippen LogP contribution is 2.32. The van der Waals surface area contributed by atoms with Crippen molar-refractivity contribution < 1.29 is 14.6 Å². The minimum Gasteiger partial charge on any atom is -0.875 e. The van der Waals surface area contributed by atoms with Crippen LogP contribution >= 0.6 is 0 Å². The number of benzene rings is 3. The molecule has 0 fully saturated rings. The van der Waals surface area contributed by atoms with Crippen LogP contribution in [0.1, 0.15) is 24.0 Å². The van der Waals surface area contributed by atoms with Gasteiger partial charge in [0, 0.05) is 12.0 Å². The average molecular weight is 343 g/mol. The molecule has 0 saturated carbocycles. The molecule has 0 aromatic heterocycles. The third-order valence-electron chi connectivity index (χ3n) is 4.99. The van der Waals surface area contributed by atoms with Gasteiger partial charge in [0.15, 0.2) is 5.78 Å². The SMILES string of the molecule is COc1ccc(-c2ccc3cc(C4=C([O-])CCC4=O)ccc3c2)cc1C. The average Bonchev–Trinajstić information content (AvgIpc) is 2.99. The summed E-state index contributed by atoms with van der Waals surface area (Å²) in [7, 11) is 1.67. The number of carbonyl (C=O) groups excluding carboxylic acids is 1. The molecule has 0 aliphatic heterocycles. The first kappa shape index (κ1) is 16.4. The Balaban J connectivity index is 1.75. The normalized spacial score (nSPS) is 14.3. The lowest BCUT2D eigenvalue weighted by atomic mass is 9.96. The van der Waals surface area contributed by atoms with Crippen molar-refractivity contribution in [1.29, 1.82) is 0 Å². The third-order valence-corrected chi connectivity index (χ3v) is 4.99. The van der Waals surface area contributed by atoms with Gasteiger partial charge >= 0.3 is 0 Å². The van der Waals surface area contributed by atoms with Gasteiger partial charge in [-0.05, 0) is 70.6 Å². The molecule has 0 saturated heterocycles. The molecule has 0 spiro atoms. The molecular weight excluding hydrogens is 324 g/mol. The number of ketones is 1. The number of methoxy groups -OCH3 is 1. The number of Topliss-reactive ketones (excluding diaryl/α,β-unsaturated/α-hetero) is 1. The van der Waals surface area contributed by atoms with E-state index in [0.29, 0.717) is 18.4 Å². The predicted octanol–water partition coefficient (Wildman–Crippen LogP) is 4.26. The number of hydrogen-bond donors (Lipinski definition) is 0. The van der Waals surface area contributed by atoms with Crippen molar-refractivity contribution in [1.82, 2.24) is 0 Å². The Morgan fingerprint density at radius 1 is 0.846 bits per heavy atom. The Morgan fingerprint density at radius 3 is 2.08 bits per heavy atom. The second kappa shape index (κ2) is 6.34. The van der Waals surface area contributed by atoms with E-state index in [0.717, 1.165) is 38.8 Å². The summed E-state index contributed by atoms with van der Waals surface area (Å²) >= 11 is 0. The van der Waals surface area contributed by atoms with Crippen LogP contribution in [-0.4, -0.2) is 12.9 Å². The van der Waals surface area contributed by atoms with E-state index in [4.69, 9.17) is 4.74 Å². The van der Waals surface area contributed by atoms with Crippen molar-refractivity contribution in [2.75, 3.05) is 7.11 Å². The molecule has 0 unspecified atom stereocenters. The second-order valence-corrected chi connectivity index (χ2v) is 6.68. The lowest BCUT2D eigenvalue weighted by Gasteiger charge is -2.12. The lowest BCUT2D eigenvalue weighted by molar-refractivity contribution is -0.303. The maximum Gasteiger partial charge on any atom is 0.162 e. The Morgan fingerprint density at radius 2 is 1.46 bits per heavy atom. The van der Waals surface area contributed by atoms with E-state index in [-0.39, 0.29) is 11.5 Å². The monoisotopic (exact) mass is 343 g/mol. The quantitative estimate of drug-likeness (QED) is 0.714. The predicted molar refractivity (Wildman–Crippen MR) is 102 cm³/mol. The smallest absolute Gasteiger partial charge is 0.162 e. The summed E-state index contributed by atoms with van der Waals surface area (Å²) < 4.78 is 5.33. The summed E-state index contributed by atoms with van der Waals surface area (Å²) in [5.74, 6) is 0.793. The molecule has 3 aromatic carbocycles. The van der Waals surface area contributed by atoms with Crippen LogP contribution in [0.4, 0.5) is 0 Å². The lowest BCUT2D eigenvalue weighted by Crippen LogP contribution is -2.04. The molecule has 3 aromatic rings. The van der Waals surface area contributed by atoms with E-state index in [9.17, 15) is 9.90 Å². The van der Waals surface area contributed by atoms with E-state index in [1.165, 1.54) is 0 Å². The minimum absolute atomic E-state index is 0.0420. The molecule has 0 amide bonds. The van der Waals surface area contributed by atoms with Crippen molar-refractivity contribution in [3.8, 4) is 16.9 Å². The molecule has 0 atom stereocenters. The van der Waals surface area contributed by atoms with Crippen molar-refractivity contribution >= 4 is 22.1 Å². The van der Waals surface area contributed by atoms with E-state index in [1.807, 2.05) is 43.3 Å². The van der Waals surface area contributed by atoms with Gasteiger partial charge in [-0.25, -0.2) is 0 Å². The number of carbonyl (C=O) groups is 1. The number of allylic oxidation sites excluding steroid dienone is 2. The second-order valence-electron chi connectivity index (χ2n) is 6.68. The maximum atomic E-state index is 12.0. The summed E-state index contributed by atoms with van der Waals surface area (Å²) in [6, 6.07) is 18.2. The molecular formula is C23H19O3-. The molecule has 0 N–H and O–H groups in total. The standard InChI is InChI=1S/C23H20O3/c1-14-11-15(7-10-22(14)26-2)16-3-4-18-13-19(6-5-17(18)12-16)23-20(24)8-9-21(23)25/h3-7,10-13,24H,8-9H2,1-2H3/p-1. The van der Waals surface area contributed by atoms with Crippen LogP contribution in [0, 0.1) is 6.92 Å². The number of ether oxygens (including phenoxy) is 1. The van der Waals surface area contributed by atoms with Gasteiger partial charge in [-0.1, -0.05) is 30.3 Å². The number of aryl methyl sites for hydroxylation is 1. The van der Waals surface area contributed by atoms with Crippen LogP contribution in [0.2, 0.25) is 0 Å². The van der Waals surface area contributed by atoms with Crippen LogP contribution in [0.3, 0.4) is 0 Å². The zero-order valence-corrected chi connectivity index (χ0v) is 14.8. The highest BCUT2D eigenvalue weighted by Gasteiger charge is 2.19. The first-order valence-electron chi connectivity index (χ1n) is 8.69. The largest absolute Gasteiger partial charge is 0.875 e. The fourth-order valence-electron chi connectivity index (χ4n) is 3.59. The van der Waals surface area contributed by atoms with Gasteiger partial charge in [0.1, 0.15) is 5.75 Å². The maximum absolute atomic E-state index is 12.0. The minimum atomic E-state index is -0.0420.